The Bertz CT molecular complexity index is 827. The Hall–Kier alpha value is -1.13. The fourth-order valence-electron chi connectivity index (χ4n) is 5.06. The SMILES string of the molecule is CS(=O)(=O)[O-].O=C(OC1CC[N+]2(CCSCC2)C1)C(O)(c1ccccc1)C1CCCC1. The summed E-state index contributed by atoms with van der Waals surface area (Å²) in [4.78, 5) is 13.2. The van der Waals surface area contributed by atoms with Gasteiger partial charge in [-0.3, -0.25) is 0 Å². The minimum absolute atomic E-state index is 0.0340. The number of hydrogen-bond acceptors (Lipinski definition) is 7. The van der Waals surface area contributed by atoms with Gasteiger partial charge in [0.15, 0.2) is 11.7 Å². The van der Waals surface area contributed by atoms with Crippen molar-refractivity contribution in [2.75, 3.05) is 43.9 Å². The van der Waals surface area contributed by atoms with Gasteiger partial charge in [-0.15, -0.1) is 0 Å². The van der Waals surface area contributed by atoms with Crippen LogP contribution < -0.4 is 0 Å². The summed E-state index contributed by atoms with van der Waals surface area (Å²) in [5.41, 5.74) is -0.809. The highest BCUT2D eigenvalue weighted by atomic mass is 32.2. The van der Waals surface area contributed by atoms with Gasteiger partial charge in [0, 0.05) is 30.1 Å². The average Bonchev–Trinajstić information content (AvgIpc) is 3.39. The monoisotopic (exact) mass is 471 g/mol. The van der Waals surface area contributed by atoms with E-state index in [9.17, 15) is 9.90 Å². The highest BCUT2D eigenvalue weighted by Gasteiger charge is 2.50. The minimum atomic E-state index is -3.92. The topological polar surface area (TPSA) is 104 Å². The Morgan fingerprint density at radius 2 is 1.71 bits per heavy atom. The van der Waals surface area contributed by atoms with Crippen molar-refractivity contribution in [2.45, 2.75) is 43.8 Å². The lowest BCUT2D eigenvalue weighted by atomic mass is 9.80. The molecule has 0 radical (unpaired) electrons. The summed E-state index contributed by atoms with van der Waals surface area (Å²) >= 11 is 2.03. The molecule has 0 aromatic heterocycles. The number of hydrogen-bond donors (Lipinski definition) is 1. The molecule has 2 aliphatic heterocycles. The van der Waals surface area contributed by atoms with Crippen LogP contribution in [0.4, 0.5) is 0 Å². The van der Waals surface area contributed by atoms with Crippen LogP contribution in [0, 0.1) is 5.92 Å². The van der Waals surface area contributed by atoms with Crippen molar-refractivity contribution in [1.29, 1.82) is 0 Å². The van der Waals surface area contributed by atoms with Crippen molar-refractivity contribution >= 4 is 27.8 Å². The number of quaternary nitrogens is 1. The second-order valence-electron chi connectivity index (χ2n) is 8.94. The van der Waals surface area contributed by atoms with Gasteiger partial charge in [0.1, 0.15) is 6.54 Å². The molecule has 1 aliphatic carbocycles. The highest BCUT2D eigenvalue weighted by Crippen LogP contribution is 2.42. The molecule has 1 saturated carbocycles. The van der Waals surface area contributed by atoms with Crippen LogP contribution in [0.25, 0.3) is 0 Å². The molecule has 9 heteroatoms. The molecule has 0 amide bonds. The van der Waals surface area contributed by atoms with E-state index in [-0.39, 0.29) is 12.0 Å². The van der Waals surface area contributed by atoms with Gasteiger partial charge in [-0.1, -0.05) is 43.2 Å². The lowest BCUT2D eigenvalue weighted by molar-refractivity contribution is -0.914. The molecule has 2 heterocycles. The zero-order chi connectivity index (χ0) is 22.5. The van der Waals surface area contributed by atoms with E-state index in [4.69, 9.17) is 17.7 Å². The first-order valence-electron chi connectivity index (χ1n) is 11.0. The molecule has 31 heavy (non-hydrogen) atoms. The summed E-state index contributed by atoms with van der Waals surface area (Å²) in [5, 5.41) is 11.5. The van der Waals surface area contributed by atoms with E-state index in [2.05, 4.69) is 0 Å². The first kappa shape index (κ1) is 24.5. The van der Waals surface area contributed by atoms with E-state index in [1.807, 2.05) is 42.1 Å². The van der Waals surface area contributed by atoms with E-state index in [1.165, 1.54) is 24.6 Å². The largest absolute Gasteiger partial charge is 0.748 e. The van der Waals surface area contributed by atoms with Gasteiger partial charge in [-0.2, -0.15) is 11.8 Å². The molecule has 0 bridgehead atoms. The molecule has 4 rings (SSSR count). The molecule has 174 valence electrons. The second-order valence-corrected chi connectivity index (χ2v) is 11.6. The number of carbonyl (C=O) groups is 1. The third-order valence-electron chi connectivity index (χ3n) is 6.68. The Kier molecular flexibility index (Phi) is 8.07. The molecular formula is C22H33NO6S2. The molecule has 2 atom stereocenters. The molecule has 2 unspecified atom stereocenters. The van der Waals surface area contributed by atoms with E-state index >= 15 is 0 Å². The van der Waals surface area contributed by atoms with Crippen LogP contribution in [0.5, 0.6) is 0 Å². The van der Waals surface area contributed by atoms with Crippen molar-refractivity contribution in [3.63, 3.8) is 0 Å². The van der Waals surface area contributed by atoms with Crippen molar-refractivity contribution in [1.82, 2.24) is 0 Å². The van der Waals surface area contributed by atoms with E-state index in [0.29, 0.717) is 11.8 Å². The standard InChI is InChI=1S/C21H30NO3S.CH4O3S/c23-20(25-19-10-11-22(16-19)12-14-26-15-13-22)21(24,18-8-4-5-9-18)17-6-2-1-3-7-17;1-5(2,3)4/h1-3,6-7,18-19,24H,4-5,8-16H2;1H3,(H,2,3,4)/q+1;/p-1. The van der Waals surface area contributed by atoms with E-state index in [1.54, 1.807) is 0 Å². The molecule has 1 N–H and O–H groups in total. The third kappa shape index (κ3) is 6.44. The lowest BCUT2D eigenvalue weighted by Crippen LogP contribution is -2.52. The maximum Gasteiger partial charge on any atom is 0.343 e. The van der Waals surface area contributed by atoms with Crippen LogP contribution in [0.1, 0.15) is 37.7 Å². The number of rotatable bonds is 4. The molecule has 1 aromatic rings. The highest BCUT2D eigenvalue weighted by molar-refractivity contribution is 7.99. The van der Waals surface area contributed by atoms with Crippen LogP contribution >= 0.6 is 11.8 Å². The second kappa shape index (κ2) is 10.2. The summed E-state index contributed by atoms with van der Waals surface area (Å²) in [6, 6.07) is 9.44. The molecule has 2 saturated heterocycles. The number of thioether (sulfide) groups is 1. The average molecular weight is 472 g/mol. The number of nitrogens with zero attached hydrogens (tertiary/aromatic N) is 1. The van der Waals surface area contributed by atoms with Crippen molar-refractivity contribution < 1.29 is 32.1 Å². The van der Waals surface area contributed by atoms with E-state index < -0.39 is 21.7 Å². The number of esters is 1. The van der Waals surface area contributed by atoms with Crippen molar-refractivity contribution in [3.05, 3.63) is 35.9 Å². The molecular weight excluding hydrogens is 438 g/mol. The van der Waals surface area contributed by atoms with Crippen molar-refractivity contribution in [3.8, 4) is 0 Å². The lowest BCUT2D eigenvalue weighted by Gasteiger charge is -2.37. The van der Waals surface area contributed by atoms with Gasteiger partial charge < -0.3 is 18.9 Å². The Balaban J connectivity index is 0.000000491. The van der Waals surface area contributed by atoms with Gasteiger partial charge in [0.25, 0.3) is 0 Å². The Morgan fingerprint density at radius 1 is 1.13 bits per heavy atom. The zero-order valence-electron chi connectivity index (χ0n) is 18.1. The minimum Gasteiger partial charge on any atom is -0.748 e. The maximum absolute atomic E-state index is 13.2. The van der Waals surface area contributed by atoms with Crippen LogP contribution in [0.15, 0.2) is 30.3 Å². The molecule has 1 spiro atoms. The maximum atomic E-state index is 13.2. The first-order chi connectivity index (χ1) is 14.6. The van der Waals surface area contributed by atoms with Gasteiger partial charge in [-0.05, 0) is 18.4 Å². The summed E-state index contributed by atoms with van der Waals surface area (Å²) in [7, 11) is -3.92. The number of ether oxygens (including phenoxy) is 1. The van der Waals surface area contributed by atoms with Crippen LogP contribution in [-0.4, -0.2) is 78.6 Å². The van der Waals surface area contributed by atoms with Gasteiger partial charge in [0.2, 0.25) is 0 Å². The normalized spacial score (nSPS) is 25.5. The van der Waals surface area contributed by atoms with Gasteiger partial charge >= 0.3 is 5.97 Å². The molecule has 3 fully saturated rings. The van der Waals surface area contributed by atoms with E-state index in [0.717, 1.165) is 49.7 Å². The predicted molar refractivity (Wildman–Crippen MR) is 119 cm³/mol. The summed E-state index contributed by atoms with van der Waals surface area (Å²) in [6.07, 6.45) is 5.41. The van der Waals surface area contributed by atoms with Gasteiger partial charge in [-0.25, -0.2) is 13.2 Å². The molecule has 1 aromatic carbocycles. The third-order valence-corrected chi connectivity index (χ3v) is 7.62. The summed E-state index contributed by atoms with van der Waals surface area (Å²) < 4.78 is 34.3. The number of aliphatic hydroxyl groups is 1. The smallest absolute Gasteiger partial charge is 0.343 e. The Morgan fingerprint density at radius 3 is 2.29 bits per heavy atom. The number of benzene rings is 1. The Labute approximate surface area is 189 Å². The fraction of sp³-hybridized carbons (Fsp3) is 0.682. The van der Waals surface area contributed by atoms with Crippen LogP contribution in [-0.2, 0) is 25.3 Å². The number of carbonyl (C=O) groups excluding carboxylic acids is 1. The predicted octanol–water partition coefficient (Wildman–Crippen LogP) is 2.10. The molecule has 3 aliphatic rings. The van der Waals surface area contributed by atoms with Crippen molar-refractivity contribution in [2.24, 2.45) is 5.92 Å². The van der Waals surface area contributed by atoms with Gasteiger partial charge in [0.05, 0.1) is 29.8 Å². The molecule has 7 nitrogen and oxygen atoms in total. The quantitative estimate of drug-likeness (QED) is 0.407. The van der Waals surface area contributed by atoms with Crippen LogP contribution in [0.2, 0.25) is 0 Å². The van der Waals surface area contributed by atoms with Crippen LogP contribution in [0.3, 0.4) is 0 Å². The first-order valence-corrected chi connectivity index (χ1v) is 13.9. The zero-order valence-corrected chi connectivity index (χ0v) is 19.7. The summed E-state index contributed by atoms with van der Waals surface area (Å²) in [6.45, 7) is 4.39. The fourth-order valence-corrected chi connectivity index (χ4v) is 6.30. The summed E-state index contributed by atoms with van der Waals surface area (Å²) in [5.74, 6) is 1.95.